The summed E-state index contributed by atoms with van der Waals surface area (Å²) in [6, 6.07) is 14.9. The number of benzene rings is 2. The number of hydrogen-bond acceptors (Lipinski definition) is 2. The topological polar surface area (TPSA) is 34.9 Å². The van der Waals surface area contributed by atoms with Gasteiger partial charge in [-0.25, -0.2) is 9.37 Å². The fourth-order valence-corrected chi connectivity index (χ4v) is 4.89. The molecule has 3 aromatic rings. The van der Waals surface area contributed by atoms with E-state index in [1.54, 1.807) is 10.6 Å². The highest BCUT2D eigenvalue weighted by molar-refractivity contribution is 9.10. The van der Waals surface area contributed by atoms with Gasteiger partial charge in [-0.1, -0.05) is 74.6 Å². The van der Waals surface area contributed by atoms with E-state index in [0.717, 1.165) is 12.0 Å². The highest BCUT2D eigenvalue weighted by Gasteiger charge is 2.20. The van der Waals surface area contributed by atoms with Crippen LogP contribution in [-0.4, -0.2) is 9.55 Å². The summed E-state index contributed by atoms with van der Waals surface area (Å²) in [6.07, 6.45) is 7.71. The fraction of sp³-hybridized carbons (Fsp3) is 0.385. The predicted molar refractivity (Wildman–Crippen MR) is 127 cm³/mol. The lowest BCUT2D eigenvalue weighted by molar-refractivity contribution is 0.322. The summed E-state index contributed by atoms with van der Waals surface area (Å²) in [5.74, 6) is 0.937. The van der Waals surface area contributed by atoms with E-state index >= 15 is 0 Å². The molecule has 2 aromatic carbocycles. The van der Waals surface area contributed by atoms with Crippen molar-refractivity contribution in [3.8, 4) is 11.4 Å². The quantitative estimate of drug-likeness (QED) is 0.392. The van der Waals surface area contributed by atoms with Crippen LogP contribution in [0.25, 0.3) is 11.4 Å². The Labute approximate surface area is 191 Å². The number of aromatic nitrogens is 2. The molecule has 1 saturated carbocycles. The second kappa shape index (κ2) is 9.90. The lowest BCUT2D eigenvalue weighted by atomic mass is 9.87. The van der Waals surface area contributed by atoms with Crippen LogP contribution in [0.5, 0.6) is 0 Å². The molecular weight excluding hydrogens is 455 g/mol. The maximum atomic E-state index is 15.0. The first-order chi connectivity index (χ1) is 15.0. The normalized spacial score (nSPS) is 14.7. The average Bonchev–Trinajstić information content (AvgIpc) is 2.79. The molecule has 0 saturated heterocycles. The molecule has 0 amide bonds. The molecule has 1 aromatic heterocycles. The van der Waals surface area contributed by atoms with E-state index in [1.165, 1.54) is 38.2 Å². The summed E-state index contributed by atoms with van der Waals surface area (Å²) < 4.78 is 17.2. The van der Waals surface area contributed by atoms with Crippen LogP contribution in [0.4, 0.5) is 4.39 Å². The largest absolute Gasteiger partial charge is 0.292 e. The molecule has 1 aliphatic carbocycles. The van der Waals surface area contributed by atoms with Crippen molar-refractivity contribution in [1.82, 2.24) is 9.55 Å². The fourth-order valence-electron chi connectivity index (χ4n) is 4.59. The highest BCUT2D eigenvalue weighted by Crippen LogP contribution is 2.30. The van der Waals surface area contributed by atoms with Crippen molar-refractivity contribution >= 4 is 15.9 Å². The standard InChI is InChI=1S/C26H28BrFN2O/c1-18-24(27)26(31)30(16-15-19-9-4-2-5-10-19)25(29-18)21-13-8-14-23(28)22(21)17-20-11-6-3-7-12-20/h3,6-8,11-14,19H,2,4-5,9-10,15-17H2,1H3. The molecule has 0 N–H and O–H groups in total. The van der Waals surface area contributed by atoms with Crippen molar-refractivity contribution in [2.75, 3.05) is 0 Å². The van der Waals surface area contributed by atoms with E-state index < -0.39 is 0 Å². The van der Waals surface area contributed by atoms with Crippen LogP contribution in [0.3, 0.4) is 0 Å². The summed E-state index contributed by atoms with van der Waals surface area (Å²) in [5, 5.41) is 0. The smallest absolute Gasteiger partial charge is 0.268 e. The lowest BCUT2D eigenvalue weighted by Crippen LogP contribution is -2.27. The zero-order valence-corrected chi connectivity index (χ0v) is 19.5. The third-order valence-corrected chi connectivity index (χ3v) is 7.26. The van der Waals surface area contributed by atoms with Gasteiger partial charge in [-0.3, -0.25) is 9.36 Å². The van der Waals surface area contributed by atoms with Crippen molar-refractivity contribution in [3.63, 3.8) is 0 Å². The van der Waals surface area contributed by atoms with Gasteiger partial charge in [0.1, 0.15) is 16.1 Å². The minimum atomic E-state index is -0.269. The van der Waals surface area contributed by atoms with Gasteiger partial charge < -0.3 is 0 Å². The molecule has 162 valence electrons. The second-order valence-corrected chi connectivity index (χ2v) is 9.31. The lowest BCUT2D eigenvalue weighted by Gasteiger charge is -2.23. The van der Waals surface area contributed by atoms with Gasteiger partial charge in [0.2, 0.25) is 0 Å². The van der Waals surface area contributed by atoms with Crippen molar-refractivity contribution in [3.05, 3.63) is 86.0 Å². The molecule has 1 fully saturated rings. The molecule has 3 nitrogen and oxygen atoms in total. The molecule has 0 spiro atoms. The monoisotopic (exact) mass is 482 g/mol. The Morgan fingerprint density at radius 1 is 1.06 bits per heavy atom. The summed E-state index contributed by atoms with van der Waals surface area (Å²) in [5.41, 5.74) is 2.84. The van der Waals surface area contributed by atoms with Crippen LogP contribution in [0.2, 0.25) is 0 Å². The van der Waals surface area contributed by atoms with Crippen molar-refractivity contribution < 1.29 is 4.39 Å². The van der Waals surface area contributed by atoms with Gasteiger partial charge in [0.05, 0.1) is 5.69 Å². The SMILES string of the molecule is Cc1nc(-c2cccc(F)c2Cc2ccccc2)n(CCC2CCCCC2)c(=O)c1Br. The van der Waals surface area contributed by atoms with Gasteiger partial charge in [-0.05, 0) is 46.8 Å². The Bertz CT molecular complexity index is 1100. The van der Waals surface area contributed by atoms with Gasteiger partial charge in [-0.15, -0.1) is 0 Å². The van der Waals surface area contributed by atoms with E-state index in [9.17, 15) is 9.18 Å². The van der Waals surface area contributed by atoms with Crippen molar-refractivity contribution in [2.45, 2.75) is 58.4 Å². The average molecular weight is 483 g/mol. The van der Waals surface area contributed by atoms with Crippen LogP contribution in [0.1, 0.15) is 55.3 Å². The summed E-state index contributed by atoms with van der Waals surface area (Å²) in [6.45, 7) is 2.42. The molecular formula is C26H28BrFN2O. The Morgan fingerprint density at radius 3 is 2.55 bits per heavy atom. The Kier molecular flexibility index (Phi) is 7.01. The van der Waals surface area contributed by atoms with Gasteiger partial charge >= 0.3 is 0 Å². The zero-order chi connectivity index (χ0) is 21.8. The molecule has 0 atom stereocenters. The highest BCUT2D eigenvalue weighted by atomic mass is 79.9. The Balaban J connectivity index is 1.77. The third kappa shape index (κ3) is 4.98. The molecule has 0 aliphatic heterocycles. The van der Waals surface area contributed by atoms with Crippen LogP contribution in [0.15, 0.2) is 57.8 Å². The first-order valence-electron chi connectivity index (χ1n) is 11.1. The number of halogens is 2. The number of aryl methyl sites for hydroxylation is 1. The first kappa shape index (κ1) is 21.9. The maximum Gasteiger partial charge on any atom is 0.268 e. The molecule has 31 heavy (non-hydrogen) atoms. The molecule has 5 heteroatoms. The summed E-state index contributed by atoms with van der Waals surface area (Å²) in [7, 11) is 0. The zero-order valence-electron chi connectivity index (χ0n) is 17.9. The van der Waals surface area contributed by atoms with E-state index in [1.807, 2.05) is 43.3 Å². The molecule has 1 aliphatic rings. The van der Waals surface area contributed by atoms with Crippen LogP contribution in [-0.2, 0) is 13.0 Å². The molecule has 0 bridgehead atoms. The van der Waals surface area contributed by atoms with E-state index in [2.05, 4.69) is 15.9 Å². The van der Waals surface area contributed by atoms with Gasteiger partial charge in [0.15, 0.2) is 0 Å². The Morgan fingerprint density at radius 2 is 1.81 bits per heavy atom. The number of hydrogen-bond donors (Lipinski definition) is 0. The maximum absolute atomic E-state index is 15.0. The van der Waals surface area contributed by atoms with Crippen LogP contribution in [0, 0.1) is 18.7 Å². The first-order valence-corrected chi connectivity index (χ1v) is 11.9. The number of rotatable bonds is 6. The third-order valence-electron chi connectivity index (χ3n) is 6.35. The molecule has 0 radical (unpaired) electrons. The van der Waals surface area contributed by atoms with Crippen LogP contribution >= 0.6 is 15.9 Å². The molecule has 4 rings (SSSR count). The van der Waals surface area contributed by atoms with Gasteiger partial charge in [-0.2, -0.15) is 0 Å². The minimum absolute atomic E-state index is 0.0896. The number of nitrogens with zero attached hydrogens (tertiary/aromatic N) is 2. The van der Waals surface area contributed by atoms with E-state index in [0.29, 0.717) is 46.0 Å². The molecule has 0 unspecified atom stereocenters. The van der Waals surface area contributed by atoms with Crippen molar-refractivity contribution in [2.24, 2.45) is 5.92 Å². The summed E-state index contributed by atoms with van der Waals surface area (Å²) in [4.78, 5) is 18.0. The Hall–Kier alpha value is -2.27. The van der Waals surface area contributed by atoms with Crippen LogP contribution < -0.4 is 5.56 Å². The molecule has 1 heterocycles. The van der Waals surface area contributed by atoms with Gasteiger partial charge in [0.25, 0.3) is 5.56 Å². The minimum Gasteiger partial charge on any atom is -0.292 e. The summed E-state index contributed by atoms with van der Waals surface area (Å²) >= 11 is 3.42. The second-order valence-electron chi connectivity index (χ2n) is 8.51. The van der Waals surface area contributed by atoms with E-state index in [4.69, 9.17) is 4.98 Å². The van der Waals surface area contributed by atoms with Crippen molar-refractivity contribution in [1.29, 1.82) is 0 Å². The predicted octanol–water partition coefficient (Wildman–Crippen LogP) is 6.68. The van der Waals surface area contributed by atoms with Gasteiger partial charge in [0, 0.05) is 24.1 Å². The van der Waals surface area contributed by atoms with E-state index in [-0.39, 0.29) is 11.4 Å².